The molecule has 0 saturated carbocycles. The van der Waals surface area contributed by atoms with E-state index in [0.29, 0.717) is 0 Å². The Morgan fingerprint density at radius 2 is 2.26 bits per heavy atom. The van der Waals surface area contributed by atoms with E-state index in [0.717, 1.165) is 24.1 Å². The van der Waals surface area contributed by atoms with E-state index in [1.54, 1.807) is 18.3 Å². The van der Waals surface area contributed by atoms with Crippen LogP contribution in [-0.4, -0.2) is 9.78 Å². The number of aromatic nitrogens is 2. The molecule has 1 aromatic heterocycles. The number of hydrogen-bond donors (Lipinski definition) is 2. The maximum absolute atomic E-state index is 13.2. The predicted molar refractivity (Wildman–Crippen MR) is 73.1 cm³/mol. The molecule has 2 aromatic rings. The van der Waals surface area contributed by atoms with E-state index in [4.69, 9.17) is 17.4 Å². The molecule has 0 fully saturated rings. The minimum absolute atomic E-state index is 0.0821. The molecule has 1 atom stereocenters. The van der Waals surface area contributed by atoms with Crippen LogP contribution in [0, 0.1) is 5.82 Å². The molecule has 3 N–H and O–H groups in total. The van der Waals surface area contributed by atoms with Gasteiger partial charge in [0.1, 0.15) is 5.82 Å². The molecule has 0 radical (unpaired) electrons. The molecule has 2 rings (SSSR count). The van der Waals surface area contributed by atoms with Gasteiger partial charge in [0.2, 0.25) is 0 Å². The second kappa shape index (κ2) is 6.14. The summed E-state index contributed by atoms with van der Waals surface area (Å²) in [5, 5.41) is 4.34. The second-order valence-corrected chi connectivity index (χ2v) is 4.72. The third-order valence-electron chi connectivity index (χ3n) is 2.88. The highest BCUT2D eigenvalue weighted by molar-refractivity contribution is 6.30. The van der Waals surface area contributed by atoms with Crippen LogP contribution in [0.3, 0.4) is 0 Å². The van der Waals surface area contributed by atoms with Crippen molar-refractivity contribution in [2.75, 3.05) is 0 Å². The van der Waals surface area contributed by atoms with Crippen molar-refractivity contribution in [2.45, 2.75) is 25.9 Å². The standard InChI is InChI=1S/C13H16ClFN4/c1-2-5-19-8-10(7-17-19)13(18-16)9-3-4-12(15)11(14)6-9/h3-4,6-8,13,18H,2,5,16H2,1H3. The second-order valence-electron chi connectivity index (χ2n) is 4.31. The molecule has 0 bridgehead atoms. The average Bonchev–Trinajstić information content (AvgIpc) is 2.83. The van der Waals surface area contributed by atoms with Crippen molar-refractivity contribution in [3.05, 3.63) is 52.6 Å². The van der Waals surface area contributed by atoms with Gasteiger partial charge in [-0.3, -0.25) is 10.5 Å². The van der Waals surface area contributed by atoms with Crippen molar-refractivity contribution in [3.63, 3.8) is 0 Å². The summed E-state index contributed by atoms with van der Waals surface area (Å²) in [7, 11) is 0. The number of nitrogens with two attached hydrogens (primary N) is 1. The van der Waals surface area contributed by atoms with Crippen LogP contribution in [-0.2, 0) is 6.54 Å². The zero-order valence-electron chi connectivity index (χ0n) is 10.6. The number of rotatable bonds is 5. The zero-order valence-corrected chi connectivity index (χ0v) is 11.4. The number of nitrogens with one attached hydrogen (secondary N) is 1. The molecule has 0 aliphatic carbocycles. The number of halogens is 2. The van der Waals surface area contributed by atoms with Crippen LogP contribution in [0.5, 0.6) is 0 Å². The lowest BCUT2D eigenvalue weighted by atomic mass is 10.0. The van der Waals surface area contributed by atoms with Crippen molar-refractivity contribution in [3.8, 4) is 0 Å². The van der Waals surface area contributed by atoms with Gasteiger partial charge in [-0.15, -0.1) is 0 Å². The average molecular weight is 283 g/mol. The summed E-state index contributed by atoms with van der Waals surface area (Å²) in [6.07, 6.45) is 4.67. The zero-order chi connectivity index (χ0) is 13.8. The van der Waals surface area contributed by atoms with Crippen LogP contribution in [0.4, 0.5) is 4.39 Å². The highest BCUT2D eigenvalue weighted by atomic mass is 35.5. The fraction of sp³-hybridized carbons (Fsp3) is 0.308. The van der Waals surface area contributed by atoms with E-state index in [1.165, 1.54) is 6.07 Å². The van der Waals surface area contributed by atoms with Crippen molar-refractivity contribution in [1.82, 2.24) is 15.2 Å². The summed E-state index contributed by atoms with van der Waals surface area (Å²) in [6.45, 7) is 2.93. The normalized spacial score (nSPS) is 12.6. The first kappa shape index (κ1) is 14.0. The molecule has 1 aromatic carbocycles. The van der Waals surface area contributed by atoms with Gasteiger partial charge < -0.3 is 0 Å². The van der Waals surface area contributed by atoms with Gasteiger partial charge in [-0.2, -0.15) is 5.10 Å². The summed E-state index contributed by atoms with van der Waals surface area (Å²) >= 11 is 5.79. The number of hydrogen-bond acceptors (Lipinski definition) is 3. The van der Waals surface area contributed by atoms with Crippen molar-refractivity contribution >= 4 is 11.6 Å². The van der Waals surface area contributed by atoms with Crippen molar-refractivity contribution in [1.29, 1.82) is 0 Å². The molecule has 0 amide bonds. The summed E-state index contributed by atoms with van der Waals surface area (Å²) in [4.78, 5) is 0. The van der Waals surface area contributed by atoms with Crippen LogP contribution in [0.2, 0.25) is 5.02 Å². The first-order valence-corrected chi connectivity index (χ1v) is 6.47. The molecule has 1 heterocycles. The maximum atomic E-state index is 13.2. The lowest BCUT2D eigenvalue weighted by Gasteiger charge is -2.15. The van der Waals surface area contributed by atoms with E-state index in [2.05, 4.69) is 17.4 Å². The Morgan fingerprint density at radius 1 is 1.47 bits per heavy atom. The molecule has 6 heteroatoms. The van der Waals surface area contributed by atoms with Gasteiger partial charge in [0.05, 0.1) is 17.3 Å². The highest BCUT2D eigenvalue weighted by Crippen LogP contribution is 2.25. The Bertz CT molecular complexity index is 555. The lowest BCUT2D eigenvalue weighted by Crippen LogP contribution is -2.28. The quantitative estimate of drug-likeness (QED) is 0.655. The van der Waals surface area contributed by atoms with Gasteiger partial charge in [0.15, 0.2) is 0 Å². The van der Waals surface area contributed by atoms with E-state index in [9.17, 15) is 4.39 Å². The fourth-order valence-electron chi connectivity index (χ4n) is 1.96. The van der Waals surface area contributed by atoms with E-state index in [1.807, 2.05) is 10.9 Å². The smallest absolute Gasteiger partial charge is 0.141 e. The minimum Gasteiger partial charge on any atom is -0.272 e. The maximum Gasteiger partial charge on any atom is 0.141 e. The third kappa shape index (κ3) is 3.12. The minimum atomic E-state index is -0.442. The van der Waals surface area contributed by atoms with Gasteiger partial charge in [-0.05, 0) is 24.1 Å². The highest BCUT2D eigenvalue weighted by Gasteiger charge is 2.15. The lowest BCUT2D eigenvalue weighted by molar-refractivity contribution is 0.596. The van der Waals surface area contributed by atoms with Gasteiger partial charge in [-0.1, -0.05) is 24.6 Å². The Labute approximate surface area is 116 Å². The fourth-order valence-corrected chi connectivity index (χ4v) is 2.15. The third-order valence-corrected chi connectivity index (χ3v) is 3.17. The Kier molecular flexibility index (Phi) is 4.52. The largest absolute Gasteiger partial charge is 0.272 e. The van der Waals surface area contributed by atoms with E-state index in [-0.39, 0.29) is 11.1 Å². The summed E-state index contributed by atoms with van der Waals surface area (Å²) in [6, 6.07) is 4.30. The number of nitrogens with zero attached hydrogens (tertiary/aromatic N) is 2. The van der Waals surface area contributed by atoms with Crippen LogP contribution in [0.1, 0.15) is 30.5 Å². The van der Waals surface area contributed by atoms with Gasteiger partial charge >= 0.3 is 0 Å². The van der Waals surface area contributed by atoms with Gasteiger partial charge in [0, 0.05) is 18.3 Å². The predicted octanol–water partition coefficient (Wildman–Crippen LogP) is 2.64. The monoisotopic (exact) mass is 282 g/mol. The SMILES string of the molecule is CCCn1cc(C(NN)c2ccc(F)c(Cl)c2)cn1. The molecule has 0 spiro atoms. The Morgan fingerprint density at radius 3 is 2.89 bits per heavy atom. The van der Waals surface area contributed by atoms with Gasteiger partial charge in [0.25, 0.3) is 0 Å². The van der Waals surface area contributed by atoms with Crippen LogP contribution in [0.25, 0.3) is 0 Å². The molecule has 0 saturated heterocycles. The van der Waals surface area contributed by atoms with Crippen molar-refractivity contribution < 1.29 is 4.39 Å². The molecule has 19 heavy (non-hydrogen) atoms. The van der Waals surface area contributed by atoms with Gasteiger partial charge in [-0.25, -0.2) is 9.82 Å². The van der Waals surface area contributed by atoms with Crippen LogP contribution in [0.15, 0.2) is 30.6 Å². The number of aryl methyl sites for hydroxylation is 1. The van der Waals surface area contributed by atoms with Crippen molar-refractivity contribution in [2.24, 2.45) is 5.84 Å². The number of benzene rings is 1. The Balaban J connectivity index is 2.29. The molecule has 102 valence electrons. The molecular weight excluding hydrogens is 267 g/mol. The van der Waals surface area contributed by atoms with E-state index < -0.39 is 5.82 Å². The first-order valence-electron chi connectivity index (χ1n) is 6.09. The van der Waals surface area contributed by atoms with Crippen LogP contribution >= 0.6 is 11.6 Å². The molecule has 1 unspecified atom stereocenters. The molecular formula is C13H16ClFN4. The summed E-state index contributed by atoms with van der Waals surface area (Å²) in [5.41, 5.74) is 4.41. The molecule has 4 nitrogen and oxygen atoms in total. The van der Waals surface area contributed by atoms with E-state index >= 15 is 0 Å². The topological polar surface area (TPSA) is 55.9 Å². The summed E-state index contributed by atoms with van der Waals surface area (Å²) in [5.74, 6) is 5.14. The van der Waals surface area contributed by atoms with Crippen LogP contribution < -0.4 is 11.3 Å². The molecule has 0 aliphatic heterocycles. The molecule has 0 aliphatic rings. The number of hydrazine groups is 1. The first-order chi connectivity index (χ1) is 9.15. The summed E-state index contributed by atoms with van der Waals surface area (Å²) < 4.78 is 15.0. The Hall–Kier alpha value is -1.43.